The van der Waals surface area contributed by atoms with Gasteiger partial charge in [0.2, 0.25) is 5.95 Å². The smallest absolute Gasteiger partial charge is 0.416 e. The summed E-state index contributed by atoms with van der Waals surface area (Å²) in [4.78, 5) is 22.4. The van der Waals surface area contributed by atoms with E-state index in [1.165, 1.54) is 24.3 Å². The molecule has 0 aliphatic carbocycles. The molecule has 0 bridgehead atoms. The molecule has 1 amide bonds. The molecule has 0 saturated carbocycles. The third-order valence-corrected chi connectivity index (χ3v) is 7.77. The lowest BCUT2D eigenvalue weighted by Gasteiger charge is -2.23. The van der Waals surface area contributed by atoms with E-state index in [9.17, 15) is 27.5 Å². The van der Waals surface area contributed by atoms with E-state index in [0.29, 0.717) is 52.3 Å². The summed E-state index contributed by atoms with van der Waals surface area (Å²) >= 11 is 0. The summed E-state index contributed by atoms with van der Waals surface area (Å²) in [6.07, 6.45) is -1.32. The Morgan fingerprint density at radius 1 is 0.978 bits per heavy atom. The standard InChI is InChI=1S/C34H28F4N4O3/c1-19-5-6-21(32(44)40-26-4-2-3-23(17-26)34(36,37)38)15-27(19)28-16-22-18-39-33(41-25-11-13-45-14-12-25)42-30(22)29(31(28)43)20-7-9-24(35)10-8-20/h2-10,15-18,25,43H,11-14H2,1H3,(H,40,44)(H,39,41,42). The van der Waals surface area contributed by atoms with Crippen molar-refractivity contribution in [1.82, 2.24) is 9.97 Å². The van der Waals surface area contributed by atoms with E-state index in [2.05, 4.69) is 15.6 Å². The van der Waals surface area contributed by atoms with Crippen molar-refractivity contribution in [2.24, 2.45) is 0 Å². The lowest BCUT2D eigenvalue weighted by atomic mass is 9.91. The van der Waals surface area contributed by atoms with E-state index in [-0.39, 0.29) is 23.0 Å². The van der Waals surface area contributed by atoms with Crippen LogP contribution in [0.15, 0.2) is 79.0 Å². The van der Waals surface area contributed by atoms with Crippen LogP contribution in [0.3, 0.4) is 0 Å². The Balaban J connectivity index is 1.42. The van der Waals surface area contributed by atoms with Crippen LogP contribution in [-0.4, -0.2) is 40.2 Å². The number of benzene rings is 4. The molecular weight excluding hydrogens is 588 g/mol. The van der Waals surface area contributed by atoms with Gasteiger partial charge in [-0.05, 0) is 85.0 Å². The molecule has 7 nitrogen and oxygen atoms in total. The van der Waals surface area contributed by atoms with Gasteiger partial charge in [-0.15, -0.1) is 0 Å². The number of aromatic nitrogens is 2. The molecule has 0 radical (unpaired) electrons. The number of aromatic hydroxyl groups is 1. The summed E-state index contributed by atoms with van der Waals surface area (Å²) < 4.78 is 58.9. The zero-order valence-electron chi connectivity index (χ0n) is 24.1. The van der Waals surface area contributed by atoms with Gasteiger partial charge in [-0.2, -0.15) is 13.2 Å². The number of nitrogens with one attached hydrogen (secondary N) is 2. The van der Waals surface area contributed by atoms with Crippen molar-refractivity contribution < 1.29 is 32.2 Å². The highest BCUT2D eigenvalue weighted by atomic mass is 19.4. The molecule has 1 aliphatic rings. The molecule has 1 saturated heterocycles. The molecule has 0 atom stereocenters. The highest BCUT2D eigenvalue weighted by Gasteiger charge is 2.30. The molecule has 0 spiro atoms. The van der Waals surface area contributed by atoms with Gasteiger partial charge in [0.25, 0.3) is 5.91 Å². The fourth-order valence-corrected chi connectivity index (χ4v) is 5.39. The van der Waals surface area contributed by atoms with Crippen LogP contribution < -0.4 is 10.6 Å². The van der Waals surface area contributed by atoms with Gasteiger partial charge < -0.3 is 20.5 Å². The van der Waals surface area contributed by atoms with Gasteiger partial charge in [-0.3, -0.25) is 4.79 Å². The zero-order valence-corrected chi connectivity index (χ0v) is 24.1. The first-order chi connectivity index (χ1) is 21.6. The maximum atomic E-state index is 13.9. The second-order valence-electron chi connectivity index (χ2n) is 10.9. The summed E-state index contributed by atoms with van der Waals surface area (Å²) in [5.74, 6) is -0.815. The number of halogens is 4. The maximum Gasteiger partial charge on any atom is 0.416 e. The van der Waals surface area contributed by atoms with E-state index < -0.39 is 23.5 Å². The van der Waals surface area contributed by atoms with Gasteiger partial charge in [-0.1, -0.05) is 24.3 Å². The number of amides is 1. The second-order valence-corrected chi connectivity index (χ2v) is 10.9. The number of ether oxygens (including phenoxy) is 1. The van der Waals surface area contributed by atoms with Crippen LogP contribution in [0.2, 0.25) is 0 Å². The van der Waals surface area contributed by atoms with Gasteiger partial charge >= 0.3 is 6.18 Å². The number of carbonyl (C=O) groups is 1. The number of fused-ring (bicyclic) bond motifs is 1. The van der Waals surface area contributed by atoms with Gasteiger partial charge in [0.1, 0.15) is 11.6 Å². The molecular formula is C34H28F4N4O3. The monoisotopic (exact) mass is 616 g/mol. The van der Waals surface area contributed by atoms with Crippen molar-refractivity contribution in [3.05, 3.63) is 102 Å². The fraction of sp³-hybridized carbons (Fsp3) is 0.206. The highest BCUT2D eigenvalue weighted by molar-refractivity contribution is 6.06. The van der Waals surface area contributed by atoms with Crippen LogP contribution in [0.5, 0.6) is 5.75 Å². The second kappa shape index (κ2) is 12.2. The average Bonchev–Trinajstić information content (AvgIpc) is 3.02. The van der Waals surface area contributed by atoms with Crippen LogP contribution in [-0.2, 0) is 10.9 Å². The Morgan fingerprint density at radius 2 is 1.73 bits per heavy atom. The minimum atomic E-state index is -4.56. The average molecular weight is 617 g/mol. The molecule has 1 aliphatic heterocycles. The van der Waals surface area contributed by atoms with E-state index in [1.807, 2.05) is 6.92 Å². The van der Waals surface area contributed by atoms with E-state index in [1.54, 1.807) is 42.6 Å². The topological polar surface area (TPSA) is 96.4 Å². The number of alkyl halides is 3. The molecule has 5 aromatic rings. The van der Waals surface area contributed by atoms with Crippen molar-refractivity contribution in [2.75, 3.05) is 23.8 Å². The minimum Gasteiger partial charge on any atom is -0.507 e. The molecule has 1 aromatic heterocycles. The quantitative estimate of drug-likeness (QED) is 0.168. The first-order valence-corrected chi connectivity index (χ1v) is 14.3. The third-order valence-electron chi connectivity index (χ3n) is 7.77. The minimum absolute atomic E-state index is 0.00795. The number of phenolic OH excluding ortho intramolecular Hbond substituents is 1. The Hall–Kier alpha value is -5.03. The van der Waals surface area contributed by atoms with Crippen LogP contribution in [0, 0.1) is 12.7 Å². The summed E-state index contributed by atoms with van der Waals surface area (Å²) in [5.41, 5.74) is 2.22. The number of aryl methyl sites for hydroxylation is 1. The summed E-state index contributed by atoms with van der Waals surface area (Å²) in [6, 6.07) is 16.7. The Bertz CT molecular complexity index is 1890. The van der Waals surface area contributed by atoms with Crippen molar-refractivity contribution in [3.63, 3.8) is 0 Å². The van der Waals surface area contributed by atoms with Gasteiger partial charge in [0.05, 0.1) is 16.6 Å². The SMILES string of the molecule is Cc1ccc(C(=O)Nc2cccc(C(F)(F)F)c2)cc1-c1cc2cnc(NC3CCOCC3)nc2c(-c2ccc(F)cc2)c1O. The largest absolute Gasteiger partial charge is 0.507 e. The normalized spacial score (nSPS) is 14.0. The van der Waals surface area contributed by atoms with Crippen LogP contribution >= 0.6 is 0 Å². The summed E-state index contributed by atoms with van der Waals surface area (Å²) in [7, 11) is 0. The Labute approximate surface area is 255 Å². The number of hydrogen-bond acceptors (Lipinski definition) is 6. The maximum absolute atomic E-state index is 13.9. The molecule has 4 aromatic carbocycles. The Morgan fingerprint density at radius 3 is 2.47 bits per heavy atom. The number of carbonyl (C=O) groups excluding carboxylic acids is 1. The lowest BCUT2D eigenvalue weighted by molar-refractivity contribution is -0.137. The first-order valence-electron chi connectivity index (χ1n) is 14.3. The van der Waals surface area contributed by atoms with Crippen molar-refractivity contribution in [3.8, 4) is 28.0 Å². The number of hydrogen-bond donors (Lipinski definition) is 3. The molecule has 3 N–H and O–H groups in total. The molecule has 1 fully saturated rings. The van der Waals surface area contributed by atoms with Crippen LogP contribution in [0.4, 0.5) is 29.2 Å². The predicted octanol–water partition coefficient (Wildman–Crippen LogP) is 7.98. The molecule has 11 heteroatoms. The van der Waals surface area contributed by atoms with Gasteiger partial charge in [0, 0.05) is 47.7 Å². The van der Waals surface area contributed by atoms with Crippen molar-refractivity contribution in [2.45, 2.75) is 32.0 Å². The molecule has 0 unspecified atom stereocenters. The lowest BCUT2D eigenvalue weighted by Crippen LogP contribution is -2.28. The molecule has 6 rings (SSSR count). The van der Waals surface area contributed by atoms with E-state index >= 15 is 0 Å². The third kappa shape index (κ3) is 6.44. The Kier molecular flexibility index (Phi) is 8.11. The van der Waals surface area contributed by atoms with Gasteiger partial charge in [0.15, 0.2) is 0 Å². The number of nitrogens with zero attached hydrogens (tertiary/aromatic N) is 2. The van der Waals surface area contributed by atoms with Gasteiger partial charge in [-0.25, -0.2) is 14.4 Å². The highest BCUT2D eigenvalue weighted by Crippen LogP contribution is 2.44. The molecule has 230 valence electrons. The zero-order chi connectivity index (χ0) is 31.7. The number of rotatable bonds is 6. The molecule has 2 heterocycles. The summed E-state index contributed by atoms with van der Waals surface area (Å²) in [5, 5.41) is 18.2. The van der Waals surface area contributed by atoms with Crippen molar-refractivity contribution >= 4 is 28.4 Å². The van der Waals surface area contributed by atoms with Crippen molar-refractivity contribution in [1.29, 1.82) is 0 Å². The molecule has 45 heavy (non-hydrogen) atoms. The number of anilines is 2. The van der Waals surface area contributed by atoms with Crippen LogP contribution in [0.1, 0.15) is 34.3 Å². The predicted molar refractivity (Wildman–Crippen MR) is 164 cm³/mol. The fourth-order valence-electron chi connectivity index (χ4n) is 5.39. The summed E-state index contributed by atoms with van der Waals surface area (Å²) in [6.45, 7) is 3.07. The van der Waals surface area contributed by atoms with Crippen LogP contribution in [0.25, 0.3) is 33.2 Å². The first kappa shape index (κ1) is 30.0. The van der Waals surface area contributed by atoms with E-state index in [0.717, 1.165) is 30.5 Å². The van der Waals surface area contributed by atoms with E-state index in [4.69, 9.17) is 9.72 Å². The number of phenols is 1.